The van der Waals surface area contributed by atoms with E-state index in [0.29, 0.717) is 22.7 Å². The summed E-state index contributed by atoms with van der Waals surface area (Å²) in [6.45, 7) is 3.50. The van der Waals surface area contributed by atoms with Crippen LogP contribution in [0.4, 0.5) is 10.5 Å². The number of fused-ring (bicyclic) bond motifs is 1. The number of rotatable bonds is 3. The van der Waals surface area contributed by atoms with Gasteiger partial charge in [-0.05, 0) is 42.5 Å². The van der Waals surface area contributed by atoms with Crippen molar-refractivity contribution in [1.82, 2.24) is 10.6 Å². The molecule has 1 aromatic carbocycles. The number of carbonyl (C=O) groups excluding carboxylic acids is 2. The monoisotopic (exact) mass is 345 g/mol. The fourth-order valence-corrected chi connectivity index (χ4v) is 3.98. The van der Waals surface area contributed by atoms with Crippen LogP contribution in [0.5, 0.6) is 0 Å². The highest BCUT2D eigenvalue weighted by atomic mass is 16.4. The second-order valence-corrected chi connectivity index (χ2v) is 6.86. The Morgan fingerprint density at radius 1 is 1.24 bits per heavy atom. The number of hydrogen-bond donors (Lipinski definition) is 3. The molecular formula is C18H23N3O4. The highest BCUT2D eigenvalue weighted by Crippen LogP contribution is 2.49. The van der Waals surface area contributed by atoms with E-state index >= 15 is 0 Å². The molecule has 0 bridgehead atoms. The van der Waals surface area contributed by atoms with Crippen LogP contribution >= 0.6 is 0 Å². The van der Waals surface area contributed by atoms with E-state index in [1.165, 1.54) is 6.92 Å². The molecule has 0 saturated heterocycles. The molecule has 0 radical (unpaired) electrons. The maximum atomic E-state index is 12.4. The van der Waals surface area contributed by atoms with Gasteiger partial charge in [0, 0.05) is 37.2 Å². The fraction of sp³-hybridized carbons (Fsp3) is 0.500. The van der Waals surface area contributed by atoms with Crippen LogP contribution in [0, 0.1) is 11.8 Å². The van der Waals surface area contributed by atoms with E-state index in [0.717, 1.165) is 12.8 Å². The summed E-state index contributed by atoms with van der Waals surface area (Å²) in [5, 5.41) is 14.4. The van der Waals surface area contributed by atoms with Gasteiger partial charge in [0.25, 0.3) is 5.91 Å². The third-order valence-corrected chi connectivity index (χ3v) is 5.20. The summed E-state index contributed by atoms with van der Waals surface area (Å²) in [5.41, 5.74) is 1.80. The van der Waals surface area contributed by atoms with Crippen LogP contribution in [0.3, 0.4) is 0 Å². The molecule has 3 atom stereocenters. The van der Waals surface area contributed by atoms with E-state index < -0.39 is 12.1 Å². The van der Waals surface area contributed by atoms with Crippen molar-refractivity contribution in [2.75, 3.05) is 11.9 Å². The van der Waals surface area contributed by atoms with Crippen molar-refractivity contribution in [2.24, 2.45) is 11.8 Å². The Morgan fingerprint density at radius 3 is 2.44 bits per heavy atom. The van der Waals surface area contributed by atoms with E-state index in [4.69, 9.17) is 0 Å². The lowest BCUT2D eigenvalue weighted by molar-refractivity contribution is -0.117. The minimum Gasteiger partial charge on any atom is -0.465 e. The van der Waals surface area contributed by atoms with Crippen LogP contribution in [0.25, 0.3) is 0 Å². The number of amides is 3. The highest BCUT2D eigenvalue weighted by molar-refractivity contribution is 5.98. The average molecular weight is 345 g/mol. The van der Waals surface area contributed by atoms with Gasteiger partial charge in [-0.1, -0.05) is 6.92 Å². The third-order valence-electron chi connectivity index (χ3n) is 5.20. The topological polar surface area (TPSA) is 98.7 Å². The van der Waals surface area contributed by atoms with Crippen LogP contribution in [0.15, 0.2) is 18.2 Å². The number of hydrogen-bond acceptors (Lipinski definition) is 3. The molecular weight excluding hydrogens is 322 g/mol. The minimum absolute atomic E-state index is 0.0345. The van der Waals surface area contributed by atoms with E-state index in [1.54, 1.807) is 30.1 Å². The summed E-state index contributed by atoms with van der Waals surface area (Å²) < 4.78 is 0. The first kappa shape index (κ1) is 17.3. The SMILES string of the molecule is CNC(=O)c1ccc2c(c1)[C@H](NC(=O)O)[C@@H](C)[C@H](C1CC1)N2C(C)=O. The van der Waals surface area contributed by atoms with Gasteiger partial charge in [0.2, 0.25) is 5.91 Å². The van der Waals surface area contributed by atoms with Gasteiger partial charge in [-0.15, -0.1) is 0 Å². The Bertz CT molecular complexity index is 729. The summed E-state index contributed by atoms with van der Waals surface area (Å²) in [6.07, 6.45) is 0.980. The molecule has 7 nitrogen and oxygen atoms in total. The molecule has 3 amide bonds. The van der Waals surface area contributed by atoms with Gasteiger partial charge in [-0.2, -0.15) is 0 Å². The summed E-state index contributed by atoms with van der Waals surface area (Å²) in [4.78, 5) is 37.5. The smallest absolute Gasteiger partial charge is 0.405 e. The van der Waals surface area contributed by atoms with Crippen LogP contribution in [0.2, 0.25) is 0 Å². The molecule has 1 aromatic rings. The van der Waals surface area contributed by atoms with Crippen LogP contribution in [-0.2, 0) is 4.79 Å². The van der Waals surface area contributed by atoms with Crippen LogP contribution in [-0.4, -0.2) is 36.1 Å². The zero-order valence-electron chi connectivity index (χ0n) is 14.6. The van der Waals surface area contributed by atoms with Crippen molar-refractivity contribution >= 4 is 23.6 Å². The Labute approximate surface area is 146 Å². The molecule has 0 spiro atoms. The van der Waals surface area contributed by atoms with Crippen LogP contribution in [0.1, 0.15) is 48.7 Å². The molecule has 0 unspecified atom stereocenters. The first-order valence-corrected chi connectivity index (χ1v) is 8.50. The molecule has 134 valence electrons. The van der Waals surface area contributed by atoms with Crippen molar-refractivity contribution in [2.45, 2.75) is 38.8 Å². The minimum atomic E-state index is -1.11. The van der Waals surface area contributed by atoms with Crippen LogP contribution < -0.4 is 15.5 Å². The summed E-state index contributed by atoms with van der Waals surface area (Å²) >= 11 is 0. The second-order valence-electron chi connectivity index (χ2n) is 6.86. The van der Waals surface area contributed by atoms with Crippen molar-refractivity contribution in [3.8, 4) is 0 Å². The predicted molar refractivity (Wildman–Crippen MR) is 92.6 cm³/mol. The average Bonchev–Trinajstić information content (AvgIpc) is 3.39. The number of nitrogens with zero attached hydrogens (tertiary/aromatic N) is 1. The molecule has 3 N–H and O–H groups in total. The van der Waals surface area contributed by atoms with Crippen molar-refractivity contribution in [1.29, 1.82) is 0 Å². The van der Waals surface area contributed by atoms with Gasteiger partial charge in [0.1, 0.15) is 0 Å². The lowest BCUT2D eigenvalue weighted by Gasteiger charge is -2.45. The van der Waals surface area contributed by atoms with Gasteiger partial charge in [0.05, 0.1) is 6.04 Å². The Balaban J connectivity index is 2.14. The molecule has 1 saturated carbocycles. The maximum Gasteiger partial charge on any atom is 0.405 e. The molecule has 0 aromatic heterocycles. The number of anilines is 1. The molecule has 1 aliphatic heterocycles. The Kier molecular flexibility index (Phi) is 4.41. The lowest BCUT2D eigenvalue weighted by Crippen LogP contribution is -2.53. The van der Waals surface area contributed by atoms with Gasteiger partial charge >= 0.3 is 6.09 Å². The predicted octanol–water partition coefficient (Wildman–Crippen LogP) is 2.14. The summed E-state index contributed by atoms with van der Waals surface area (Å²) in [5.74, 6) is -0.00149. The first-order valence-electron chi connectivity index (χ1n) is 8.50. The molecule has 1 fully saturated rings. The number of carbonyl (C=O) groups is 3. The van der Waals surface area contributed by atoms with Crippen molar-refractivity contribution < 1.29 is 19.5 Å². The standard InChI is InChI=1S/C18H23N3O4/c1-9-15(20-18(24)25)13-8-12(17(23)19-3)6-7-14(13)21(10(2)22)16(9)11-4-5-11/h6-9,11,15-16,20H,4-5H2,1-3H3,(H,19,23)(H,24,25)/t9-,15-,16-/m1/s1. The fourth-order valence-electron chi connectivity index (χ4n) is 3.98. The second kappa shape index (κ2) is 6.38. The third kappa shape index (κ3) is 3.06. The van der Waals surface area contributed by atoms with Gasteiger partial charge in [-0.25, -0.2) is 4.79 Å². The Morgan fingerprint density at radius 2 is 1.92 bits per heavy atom. The number of carboxylic acid groups (broad SMARTS) is 1. The molecule has 3 rings (SSSR count). The number of nitrogens with one attached hydrogen (secondary N) is 2. The highest BCUT2D eigenvalue weighted by Gasteiger charge is 2.48. The van der Waals surface area contributed by atoms with Crippen molar-refractivity contribution in [3.05, 3.63) is 29.3 Å². The van der Waals surface area contributed by atoms with E-state index in [9.17, 15) is 19.5 Å². The maximum absolute atomic E-state index is 12.4. The zero-order valence-corrected chi connectivity index (χ0v) is 14.6. The first-order chi connectivity index (χ1) is 11.8. The number of benzene rings is 1. The largest absolute Gasteiger partial charge is 0.465 e. The summed E-state index contributed by atoms with van der Waals surface area (Å²) in [6, 6.07) is 4.61. The van der Waals surface area contributed by atoms with Crippen molar-refractivity contribution in [3.63, 3.8) is 0 Å². The zero-order chi connectivity index (χ0) is 18.3. The quantitative estimate of drug-likeness (QED) is 0.781. The van der Waals surface area contributed by atoms with Gasteiger partial charge < -0.3 is 20.6 Å². The van der Waals surface area contributed by atoms with E-state index in [1.807, 2.05) is 6.92 Å². The molecule has 25 heavy (non-hydrogen) atoms. The molecule has 7 heteroatoms. The summed E-state index contributed by atoms with van der Waals surface area (Å²) in [7, 11) is 1.54. The molecule has 1 heterocycles. The van der Waals surface area contributed by atoms with Gasteiger partial charge in [-0.3, -0.25) is 9.59 Å². The molecule has 2 aliphatic rings. The van der Waals surface area contributed by atoms with E-state index in [-0.39, 0.29) is 23.8 Å². The lowest BCUT2D eigenvalue weighted by atomic mass is 9.79. The van der Waals surface area contributed by atoms with Gasteiger partial charge in [0.15, 0.2) is 0 Å². The van der Waals surface area contributed by atoms with E-state index in [2.05, 4.69) is 10.6 Å². The Hall–Kier alpha value is -2.57. The molecule has 1 aliphatic carbocycles. The normalized spacial score (nSPS) is 25.1.